The van der Waals surface area contributed by atoms with Crippen LogP contribution in [0.2, 0.25) is 5.02 Å². The first-order chi connectivity index (χ1) is 15.5. The van der Waals surface area contributed by atoms with Crippen LogP contribution in [0.1, 0.15) is 17.2 Å². The van der Waals surface area contributed by atoms with Gasteiger partial charge in [0, 0.05) is 18.1 Å². The Morgan fingerprint density at radius 3 is 2.59 bits per heavy atom. The van der Waals surface area contributed by atoms with Gasteiger partial charge in [0.2, 0.25) is 5.91 Å². The van der Waals surface area contributed by atoms with Gasteiger partial charge in [0.15, 0.2) is 0 Å². The number of benzene rings is 2. The molecule has 7 nitrogen and oxygen atoms in total. The van der Waals surface area contributed by atoms with Crippen molar-refractivity contribution >= 4 is 29.4 Å². The quantitative estimate of drug-likeness (QED) is 0.636. The molecule has 0 spiro atoms. The Morgan fingerprint density at radius 2 is 1.88 bits per heavy atom. The van der Waals surface area contributed by atoms with E-state index in [9.17, 15) is 14.4 Å². The van der Waals surface area contributed by atoms with Crippen molar-refractivity contribution in [3.8, 4) is 0 Å². The molecule has 32 heavy (non-hydrogen) atoms. The molecule has 4 rings (SSSR count). The van der Waals surface area contributed by atoms with Crippen LogP contribution in [-0.2, 0) is 16.1 Å². The molecule has 2 heterocycles. The van der Waals surface area contributed by atoms with Crippen LogP contribution in [0.15, 0.2) is 78.5 Å². The Kier molecular flexibility index (Phi) is 6.28. The van der Waals surface area contributed by atoms with E-state index in [2.05, 4.69) is 17.2 Å². The lowest BCUT2D eigenvalue weighted by Gasteiger charge is -2.33. The number of rotatable bonds is 7. The summed E-state index contributed by atoms with van der Waals surface area (Å²) in [6.07, 6.45) is 1.60. The van der Waals surface area contributed by atoms with Crippen LogP contribution < -0.4 is 10.6 Å². The van der Waals surface area contributed by atoms with Crippen LogP contribution in [0.3, 0.4) is 0 Å². The number of amides is 4. The van der Waals surface area contributed by atoms with E-state index in [1.165, 1.54) is 9.80 Å². The van der Waals surface area contributed by atoms with E-state index >= 15 is 0 Å². The van der Waals surface area contributed by atoms with Crippen LogP contribution in [0.25, 0.3) is 0 Å². The van der Waals surface area contributed by atoms with Crippen molar-refractivity contribution in [3.05, 3.63) is 94.7 Å². The highest BCUT2D eigenvalue weighted by molar-refractivity contribution is 6.31. The minimum Gasteiger partial charge on any atom is -0.350 e. The number of nitrogens with one attached hydrogen (secondary N) is 2. The van der Waals surface area contributed by atoms with Gasteiger partial charge in [-0.15, -0.1) is 6.58 Å². The first kappa shape index (κ1) is 21.6. The molecule has 164 valence electrons. The summed E-state index contributed by atoms with van der Waals surface area (Å²) in [4.78, 5) is 41.6. The summed E-state index contributed by atoms with van der Waals surface area (Å²) in [7, 11) is 0. The molecule has 0 bridgehead atoms. The number of carbonyl (C=O) groups excluding carboxylic acids is 3. The Hall–Kier alpha value is -3.58. The van der Waals surface area contributed by atoms with Crippen molar-refractivity contribution < 1.29 is 14.4 Å². The van der Waals surface area contributed by atoms with Crippen molar-refractivity contribution in [2.45, 2.75) is 12.6 Å². The summed E-state index contributed by atoms with van der Waals surface area (Å²) in [6.45, 7) is 4.39. The summed E-state index contributed by atoms with van der Waals surface area (Å²) in [5, 5.41) is 6.17. The molecule has 0 aliphatic carbocycles. The molecule has 0 saturated carbocycles. The first-order valence-electron chi connectivity index (χ1n) is 10.3. The van der Waals surface area contributed by atoms with Crippen LogP contribution in [0.5, 0.6) is 0 Å². The first-order valence-corrected chi connectivity index (χ1v) is 10.6. The van der Waals surface area contributed by atoms with Crippen molar-refractivity contribution in [2.24, 2.45) is 0 Å². The van der Waals surface area contributed by atoms with Gasteiger partial charge in [-0.05, 0) is 17.2 Å². The average Bonchev–Trinajstić information content (AvgIpc) is 3.11. The van der Waals surface area contributed by atoms with E-state index in [1.807, 2.05) is 30.3 Å². The van der Waals surface area contributed by atoms with Crippen molar-refractivity contribution in [3.63, 3.8) is 0 Å². The molecule has 2 aromatic carbocycles. The normalized spacial score (nSPS) is 17.8. The van der Waals surface area contributed by atoms with E-state index in [0.717, 1.165) is 5.56 Å². The van der Waals surface area contributed by atoms with Gasteiger partial charge in [-0.2, -0.15) is 0 Å². The van der Waals surface area contributed by atoms with E-state index in [-0.39, 0.29) is 37.5 Å². The fraction of sp³-hybridized carbons (Fsp3) is 0.208. The SMILES string of the molecule is C=CCN1C(=O)N[C@H](c2ccccc2Cl)C2=C1CN(CC(=O)NCc1ccccc1)C2=O. The summed E-state index contributed by atoms with van der Waals surface area (Å²) >= 11 is 6.37. The maximum atomic E-state index is 13.3. The van der Waals surface area contributed by atoms with Gasteiger partial charge in [0.05, 0.1) is 23.9 Å². The zero-order valence-corrected chi connectivity index (χ0v) is 18.1. The lowest BCUT2D eigenvalue weighted by atomic mass is 9.95. The smallest absolute Gasteiger partial charge is 0.322 e. The number of hydrogen-bond acceptors (Lipinski definition) is 3. The highest BCUT2D eigenvalue weighted by atomic mass is 35.5. The summed E-state index contributed by atoms with van der Waals surface area (Å²) in [6, 6.07) is 15.6. The number of urea groups is 1. The summed E-state index contributed by atoms with van der Waals surface area (Å²) in [5.41, 5.74) is 2.60. The zero-order valence-electron chi connectivity index (χ0n) is 17.4. The molecule has 4 amide bonds. The third-order valence-corrected chi connectivity index (χ3v) is 5.84. The Balaban J connectivity index is 1.55. The van der Waals surface area contributed by atoms with Crippen molar-refractivity contribution in [1.29, 1.82) is 0 Å². The molecule has 2 aliphatic heterocycles. The summed E-state index contributed by atoms with van der Waals surface area (Å²) in [5.74, 6) is -0.570. The van der Waals surface area contributed by atoms with Gasteiger partial charge in [0.25, 0.3) is 5.91 Å². The molecule has 2 aromatic rings. The highest BCUT2D eigenvalue weighted by Crippen LogP contribution is 2.38. The molecule has 0 aromatic heterocycles. The Bertz CT molecular complexity index is 1100. The second kappa shape index (κ2) is 9.28. The third kappa shape index (κ3) is 4.24. The molecule has 0 fully saturated rings. The van der Waals surface area contributed by atoms with Crippen LogP contribution in [0, 0.1) is 0 Å². The number of nitrogens with zero attached hydrogens (tertiary/aromatic N) is 2. The number of carbonyl (C=O) groups is 3. The van der Waals surface area contributed by atoms with Crippen LogP contribution in [-0.4, -0.2) is 47.3 Å². The molecule has 2 aliphatic rings. The van der Waals surface area contributed by atoms with Gasteiger partial charge in [0.1, 0.15) is 6.54 Å². The zero-order chi connectivity index (χ0) is 22.7. The standard InChI is InChI=1S/C24H23ClN4O3/c1-2-12-29-19-14-28(15-20(30)26-13-16-8-4-3-5-9-16)23(31)21(19)22(27-24(29)32)17-10-6-7-11-18(17)25/h2-11,22H,1,12-15H2,(H,26,30)(H,27,32)/t22-/m1/s1. The Morgan fingerprint density at radius 1 is 1.16 bits per heavy atom. The van der Waals surface area contributed by atoms with E-state index in [4.69, 9.17) is 11.6 Å². The van der Waals surface area contributed by atoms with E-state index < -0.39 is 6.04 Å². The van der Waals surface area contributed by atoms with E-state index in [1.54, 1.807) is 30.3 Å². The maximum absolute atomic E-state index is 13.3. The Labute approximate surface area is 191 Å². The lowest BCUT2D eigenvalue weighted by Crippen LogP contribution is -2.47. The fourth-order valence-corrected chi connectivity index (χ4v) is 4.21. The van der Waals surface area contributed by atoms with Gasteiger partial charge < -0.3 is 15.5 Å². The second-order valence-corrected chi connectivity index (χ2v) is 7.99. The molecule has 0 radical (unpaired) electrons. The topological polar surface area (TPSA) is 81.8 Å². The summed E-state index contributed by atoms with van der Waals surface area (Å²) < 4.78 is 0. The van der Waals surface area contributed by atoms with E-state index in [0.29, 0.717) is 28.4 Å². The van der Waals surface area contributed by atoms with Gasteiger partial charge in [-0.3, -0.25) is 14.5 Å². The minimum absolute atomic E-state index is 0.107. The number of hydrogen-bond donors (Lipinski definition) is 2. The van der Waals surface area contributed by atoms with Crippen LogP contribution in [0.4, 0.5) is 4.79 Å². The molecule has 8 heteroatoms. The molecular weight excluding hydrogens is 428 g/mol. The average molecular weight is 451 g/mol. The van der Waals surface area contributed by atoms with Gasteiger partial charge >= 0.3 is 6.03 Å². The predicted octanol–water partition coefficient (Wildman–Crippen LogP) is 3.01. The maximum Gasteiger partial charge on any atom is 0.322 e. The number of halogens is 1. The van der Waals surface area contributed by atoms with Crippen molar-refractivity contribution in [1.82, 2.24) is 20.4 Å². The molecule has 0 unspecified atom stereocenters. The second-order valence-electron chi connectivity index (χ2n) is 7.59. The molecule has 2 N–H and O–H groups in total. The fourth-order valence-electron chi connectivity index (χ4n) is 3.97. The largest absolute Gasteiger partial charge is 0.350 e. The van der Waals surface area contributed by atoms with Crippen LogP contribution >= 0.6 is 11.6 Å². The molecule has 1 atom stereocenters. The third-order valence-electron chi connectivity index (χ3n) is 5.49. The lowest BCUT2D eigenvalue weighted by molar-refractivity contribution is -0.132. The highest BCUT2D eigenvalue weighted by Gasteiger charge is 2.44. The molecular formula is C24H23ClN4O3. The molecule has 0 saturated heterocycles. The minimum atomic E-state index is -0.683. The van der Waals surface area contributed by atoms with Gasteiger partial charge in [-0.1, -0.05) is 66.2 Å². The monoisotopic (exact) mass is 450 g/mol. The van der Waals surface area contributed by atoms with Crippen molar-refractivity contribution in [2.75, 3.05) is 19.6 Å². The van der Waals surface area contributed by atoms with Gasteiger partial charge in [-0.25, -0.2) is 4.79 Å². The predicted molar refractivity (Wildman–Crippen MR) is 122 cm³/mol.